The second kappa shape index (κ2) is 8.58. The van der Waals surface area contributed by atoms with E-state index >= 15 is 0 Å². The fourth-order valence-corrected chi connectivity index (χ4v) is 3.60. The molecule has 6 nitrogen and oxygen atoms in total. The first-order valence-electron chi connectivity index (χ1n) is 9.11. The van der Waals surface area contributed by atoms with Crippen LogP contribution in [0, 0.1) is 16.0 Å². The molecule has 1 saturated carbocycles. The maximum Gasteiger partial charge on any atom is 0.277 e. The van der Waals surface area contributed by atoms with Crippen molar-refractivity contribution in [2.45, 2.75) is 32.1 Å². The minimum Gasteiger partial charge on any atom is -0.399 e. The first-order valence-corrected chi connectivity index (χ1v) is 9.11. The van der Waals surface area contributed by atoms with E-state index in [1.165, 1.54) is 19.6 Å². The lowest BCUT2D eigenvalue weighted by Gasteiger charge is -2.22. The van der Waals surface area contributed by atoms with Crippen molar-refractivity contribution in [2.24, 2.45) is 11.1 Å². The zero-order valence-electron chi connectivity index (χ0n) is 15.3. The van der Waals surface area contributed by atoms with Crippen LogP contribution in [0.25, 0.3) is 11.1 Å². The van der Waals surface area contributed by atoms with Crippen molar-refractivity contribution in [3.05, 3.63) is 64.2 Å². The van der Waals surface area contributed by atoms with Crippen LogP contribution in [0.2, 0.25) is 0 Å². The van der Waals surface area contributed by atoms with Crippen molar-refractivity contribution in [1.29, 1.82) is 0 Å². The lowest BCUT2D eigenvalue weighted by Crippen LogP contribution is -2.26. The molecule has 0 atom stereocenters. The standard InChI is InChI=1S/C21H22N2O4/c1-27-22-20(16-7-3-2-4-8-16)21(24)17-13-11-15(12-14-17)18-9-5-6-10-19(18)23(25)26/h5-6,9-14,16H,2-4,7-8H2,1H3/b22-20-. The molecule has 0 N–H and O–H groups in total. The molecule has 1 aliphatic carbocycles. The summed E-state index contributed by atoms with van der Waals surface area (Å²) in [4.78, 5) is 28.7. The second-order valence-corrected chi connectivity index (χ2v) is 6.67. The quantitative estimate of drug-likeness (QED) is 0.311. The molecule has 0 radical (unpaired) electrons. The van der Waals surface area contributed by atoms with Gasteiger partial charge in [0, 0.05) is 17.5 Å². The molecule has 0 aliphatic heterocycles. The van der Waals surface area contributed by atoms with Crippen molar-refractivity contribution in [3.8, 4) is 11.1 Å². The van der Waals surface area contributed by atoms with Gasteiger partial charge >= 0.3 is 0 Å². The summed E-state index contributed by atoms with van der Waals surface area (Å²) < 4.78 is 0. The maximum atomic E-state index is 12.9. The second-order valence-electron chi connectivity index (χ2n) is 6.67. The molecule has 1 aliphatic rings. The number of nitro groups is 1. The molecule has 140 valence electrons. The number of ketones is 1. The topological polar surface area (TPSA) is 81.8 Å². The van der Waals surface area contributed by atoms with Gasteiger partial charge in [0.2, 0.25) is 5.78 Å². The lowest BCUT2D eigenvalue weighted by atomic mass is 9.83. The normalized spacial score (nSPS) is 15.4. The van der Waals surface area contributed by atoms with Crippen LogP contribution in [0.4, 0.5) is 5.69 Å². The number of benzene rings is 2. The third kappa shape index (κ3) is 4.22. The van der Waals surface area contributed by atoms with Gasteiger partial charge in [0.05, 0.1) is 10.5 Å². The largest absolute Gasteiger partial charge is 0.399 e. The highest BCUT2D eigenvalue weighted by Crippen LogP contribution is 2.30. The Hall–Kier alpha value is -3.02. The number of carbonyl (C=O) groups excluding carboxylic acids is 1. The first kappa shape index (κ1) is 18.8. The third-order valence-corrected chi connectivity index (χ3v) is 4.97. The maximum absolute atomic E-state index is 12.9. The number of hydrogen-bond acceptors (Lipinski definition) is 5. The average Bonchev–Trinajstić information content (AvgIpc) is 2.72. The van der Waals surface area contributed by atoms with E-state index in [2.05, 4.69) is 5.16 Å². The molecule has 0 bridgehead atoms. The van der Waals surface area contributed by atoms with Crippen LogP contribution in [-0.2, 0) is 4.84 Å². The molecule has 0 heterocycles. The summed E-state index contributed by atoms with van der Waals surface area (Å²) in [6, 6.07) is 13.4. The van der Waals surface area contributed by atoms with E-state index in [0.717, 1.165) is 25.7 Å². The molecule has 1 fully saturated rings. The van der Waals surface area contributed by atoms with E-state index in [0.29, 0.717) is 22.4 Å². The highest BCUT2D eigenvalue weighted by molar-refractivity contribution is 6.46. The third-order valence-electron chi connectivity index (χ3n) is 4.97. The van der Waals surface area contributed by atoms with Crippen LogP contribution in [0.5, 0.6) is 0 Å². The Morgan fingerprint density at radius 1 is 1.07 bits per heavy atom. The molecule has 27 heavy (non-hydrogen) atoms. The summed E-state index contributed by atoms with van der Waals surface area (Å²) in [5, 5.41) is 15.2. The number of rotatable bonds is 6. The molecule has 0 spiro atoms. The monoisotopic (exact) mass is 366 g/mol. The molecule has 0 unspecified atom stereocenters. The Morgan fingerprint density at radius 3 is 2.37 bits per heavy atom. The number of oxime groups is 1. The van der Waals surface area contributed by atoms with Gasteiger partial charge in [-0.3, -0.25) is 14.9 Å². The number of hydrogen-bond donors (Lipinski definition) is 0. The van der Waals surface area contributed by atoms with Gasteiger partial charge in [-0.1, -0.05) is 60.8 Å². The van der Waals surface area contributed by atoms with E-state index in [9.17, 15) is 14.9 Å². The van der Waals surface area contributed by atoms with Gasteiger partial charge in [-0.25, -0.2) is 0 Å². The van der Waals surface area contributed by atoms with Crippen LogP contribution < -0.4 is 0 Å². The van der Waals surface area contributed by atoms with Gasteiger partial charge < -0.3 is 4.84 Å². The van der Waals surface area contributed by atoms with Crippen molar-refractivity contribution in [2.75, 3.05) is 7.11 Å². The Labute approximate surface area is 158 Å². The molecular weight excluding hydrogens is 344 g/mol. The smallest absolute Gasteiger partial charge is 0.277 e. The summed E-state index contributed by atoms with van der Waals surface area (Å²) in [6.45, 7) is 0. The van der Waals surface area contributed by atoms with E-state index in [1.54, 1.807) is 42.5 Å². The summed E-state index contributed by atoms with van der Waals surface area (Å²) in [6.07, 6.45) is 5.27. The van der Waals surface area contributed by atoms with Crippen LogP contribution in [0.15, 0.2) is 53.7 Å². The van der Waals surface area contributed by atoms with Gasteiger partial charge in [-0.2, -0.15) is 0 Å². The van der Waals surface area contributed by atoms with Crippen molar-refractivity contribution in [1.82, 2.24) is 0 Å². The van der Waals surface area contributed by atoms with Crippen LogP contribution in [0.3, 0.4) is 0 Å². The summed E-state index contributed by atoms with van der Waals surface area (Å²) in [7, 11) is 1.45. The summed E-state index contributed by atoms with van der Waals surface area (Å²) >= 11 is 0. The highest BCUT2D eigenvalue weighted by atomic mass is 16.6. The predicted octanol–water partition coefficient (Wildman–Crippen LogP) is 5.03. The minimum atomic E-state index is -0.402. The Morgan fingerprint density at radius 2 is 1.74 bits per heavy atom. The zero-order chi connectivity index (χ0) is 19.2. The molecule has 0 amide bonds. The fourth-order valence-electron chi connectivity index (χ4n) is 3.60. The summed E-state index contributed by atoms with van der Waals surface area (Å²) in [5.74, 6) is -0.0149. The number of Topliss-reactive ketones (excluding diaryl/α,β-unsaturated/α-hetero) is 1. The van der Waals surface area contributed by atoms with Gasteiger partial charge in [0.15, 0.2) is 0 Å². The van der Waals surface area contributed by atoms with E-state index < -0.39 is 4.92 Å². The molecule has 0 aromatic heterocycles. The number of nitrogens with zero attached hydrogens (tertiary/aromatic N) is 2. The minimum absolute atomic E-state index is 0.0421. The van der Waals surface area contributed by atoms with Gasteiger partial charge in [0.1, 0.15) is 12.8 Å². The molecule has 3 rings (SSSR count). The van der Waals surface area contributed by atoms with Crippen LogP contribution >= 0.6 is 0 Å². The Kier molecular flexibility index (Phi) is 5.96. The molecule has 6 heteroatoms. The Bertz CT molecular complexity index is 853. The highest BCUT2D eigenvalue weighted by Gasteiger charge is 2.26. The first-order chi connectivity index (χ1) is 13.1. The Balaban J connectivity index is 1.87. The van der Waals surface area contributed by atoms with Gasteiger partial charge in [0.25, 0.3) is 5.69 Å². The number of para-hydroxylation sites is 1. The SMILES string of the molecule is CO/N=C(\C(=O)c1ccc(-c2ccccc2[N+](=O)[O-])cc1)C1CCCCC1. The fraction of sp³-hybridized carbons (Fsp3) is 0.333. The van der Waals surface area contributed by atoms with Gasteiger partial charge in [-0.15, -0.1) is 0 Å². The van der Waals surface area contributed by atoms with E-state index in [1.807, 2.05) is 0 Å². The predicted molar refractivity (Wildman–Crippen MR) is 104 cm³/mol. The number of carbonyl (C=O) groups is 1. The average molecular weight is 366 g/mol. The lowest BCUT2D eigenvalue weighted by molar-refractivity contribution is -0.384. The van der Waals surface area contributed by atoms with Gasteiger partial charge in [-0.05, 0) is 24.5 Å². The van der Waals surface area contributed by atoms with Crippen LogP contribution in [0.1, 0.15) is 42.5 Å². The molecule has 0 saturated heterocycles. The molecule has 2 aromatic rings. The van der Waals surface area contributed by atoms with Crippen molar-refractivity contribution < 1.29 is 14.6 Å². The van der Waals surface area contributed by atoms with Crippen molar-refractivity contribution >= 4 is 17.2 Å². The van der Waals surface area contributed by atoms with Crippen molar-refractivity contribution in [3.63, 3.8) is 0 Å². The molecular formula is C21H22N2O4. The van der Waals surface area contributed by atoms with E-state index in [4.69, 9.17) is 4.84 Å². The number of nitro benzene ring substituents is 1. The van der Waals surface area contributed by atoms with E-state index in [-0.39, 0.29) is 17.4 Å². The molecule has 2 aromatic carbocycles. The summed E-state index contributed by atoms with van der Waals surface area (Å²) in [5.41, 5.74) is 2.25. The van der Waals surface area contributed by atoms with Crippen LogP contribution in [-0.4, -0.2) is 23.5 Å². The zero-order valence-corrected chi connectivity index (χ0v) is 15.3.